The highest BCUT2D eigenvalue weighted by atomic mass is 32.2. The topological polar surface area (TPSA) is 85.8 Å². The molecule has 0 saturated heterocycles. The molecule has 0 spiro atoms. The number of hydrogen-bond donors (Lipinski definition) is 1. The van der Waals surface area contributed by atoms with Crippen LogP contribution >= 0.6 is 0 Å². The number of furan rings is 1. The van der Waals surface area contributed by atoms with Crippen molar-refractivity contribution in [3.05, 3.63) is 47.9 Å². The van der Waals surface area contributed by atoms with Crippen molar-refractivity contribution in [2.75, 3.05) is 14.2 Å². The third-order valence-electron chi connectivity index (χ3n) is 3.14. The molecule has 0 fully saturated rings. The van der Waals surface area contributed by atoms with E-state index in [1.54, 1.807) is 18.2 Å². The molecular formula is C14H18N2O4S. The molecular weight excluding hydrogens is 292 g/mol. The van der Waals surface area contributed by atoms with Crippen LogP contribution in [0.5, 0.6) is 5.75 Å². The zero-order valence-electron chi connectivity index (χ0n) is 11.9. The Morgan fingerprint density at radius 2 is 2.10 bits per heavy atom. The molecule has 1 aromatic heterocycles. The van der Waals surface area contributed by atoms with Gasteiger partial charge in [-0.25, -0.2) is 8.42 Å². The fraction of sp³-hybridized carbons (Fsp3) is 0.286. The van der Waals surface area contributed by atoms with E-state index in [0.29, 0.717) is 17.1 Å². The van der Waals surface area contributed by atoms with Gasteiger partial charge in [0.1, 0.15) is 11.5 Å². The molecule has 0 aliphatic heterocycles. The lowest BCUT2D eigenvalue weighted by molar-refractivity contribution is 0.404. The number of benzene rings is 1. The van der Waals surface area contributed by atoms with Crippen LogP contribution in [0.1, 0.15) is 11.3 Å². The molecule has 0 saturated carbocycles. The first kappa shape index (κ1) is 15.6. The second-order valence-corrected chi connectivity index (χ2v) is 6.56. The van der Waals surface area contributed by atoms with Crippen molar-refractivity contribution in [3.63, 3.8) is 0 Å². The van der Waals surface area contributed by atoms with Gasteiger partial charge in [-0.3, -0.25) is 0 Å². The molecule has 0 unspecified atom stereocenters. The number of hydrogen-bond acceptors (Lipinski definition) is 5. The number of sulfonamides is 1. The van der Waals surface area contributed by atoms with E-state index in [0.717, 1.165) is 0 Å². The summed E-state index contributed by atoms with van der Waals surface area (Å²) in [6, 6.07) is 8.09. The van der Waals surface area contributed by atoms with Gasteiger partial charge in [0.05, 0.1) is 24.8 Å². The molecule has 0 aliphatic carbocycles. The fourth-order valence-corrected chi connectivity index (χ4v) is 3.15. The normalized spacial score (nSPS) is 11.8. The van der Waals surface area contributed by atoms with E-state index < -0.39 is 10.0 Å². The number of methoxy groups -OCH3 is 1. The Morgan fingerprint density at radius 1 is 1.33 bits per heavy atom. The summed E-state index contributed by atoms with van der Waals surface area (Å²) in [6.45, 7) is 0.369. The number of rotatable bonds is 6. The Bertz CT molecular complexity index is 696. The van der Waals surface area contributed by atoms with E-state index in [1.807, 2.05) is 0 Å². The smallest absolute Gasteiger partial charge is 0.243 e. The van der Waals surface area contributed by atoms with E-state index >= 15 is 0 Å². The molecule has 2 aromatic rings. The Kier molecular flexibility index (Phi) is 4.66. The summed E-state index contributed by atoms with van der Waals surface area (Å²) in [5.74, 6) is 1.15. The van der Waals surface area contributed by atoms with Crippen molar-refractivity contribution in [2.45, 2.75) is 18.0 Å². The standard InChI is InChI=1S/C14H18N2O4S/c1-16(10-12-4-3-7-20-12)21(17,18)13-5-6-14(19-2)11(8-13)9-15/h3-8H,9-10,15H2,1-2H3. The number of ether oxygens (including phenoxy) is 1. The van der Waals surface area contributed by atoms with Gasteiger partial charge in [0.15, 0.2) is 0 Å². The highest BCUT2D eigenvalue weighted by Crippen LogP contribution is 2.24. The summed E-state index contributed by atoms with van der Waals surface area (Å²) in [6.07, 6.45) is 1.51. The van der Waals surface area contributed by atoms with Gasteiger partial charge >= 0.3 is 0 Å². The maximum Gasteiger partial charge on any atom is 0.243 e. The molecule has 0 bridgehead atoms. The van der Waals surface area contributed by atoms with Crippen LogP contribution in [-0.4, -0.2) is 26.9 Å². The van der Waals surface area contributed by atoms with E-state index in [9.17, 15) is 8.42 Å². The zero-order valence-corrected chi connectivity index (χ0v) is 12.8. The van der Waals surface area contributed by atoms with Crippen molar-refractivity contribution >= 4 is 10.0 Å². The molecule has 0 radical (unpaired) electrons. The largest absolute Gasteiger partial charge is 0.496 e. The van der Waals surface area contributed by atoms with Gasteiger partial charge < -0.3 is 14.9 Å². The van der Waals surface area contributed by atoms with Crippen molar-refractivity contribution in [1.82, 2.24) is 4.31 Å². The first-order valence-electron chi connectivity index (χ1n) is 6.34. The molecule has 2 rings (SSSR count). The van der Waals surface area contributed by atoms with Gasteiger partial charge in [0.2, 0.25) is 10.0 Å². The van der Waals surface area contributed by atoms with Crippen molar-refractivity contribution in [3.8, 4) is 5.75 Å². The lowest BCUT2D eigenvalue weighted by Crippen LogP contribution is -2.26. The van der Waals surface area contributed by atoms with Gasteiger partial charge in [0.25, 0.3) is 0 Å². The van der Waals surface area contributed by atoms with E-state index in [2.05, 4.69) is 0 Å². The summed E-state index contributed by atoms with van der Waals surface area (Å²) in [7, 11) is -0.587. The molecule has 7 heteroatoms. The molecule has 0 aliphatic rings. The quantitative estimate of drug-likeness (QED) is 0.875. The fourth-order valence-electron chi connectivity index (χ4n) is 1.96. The minimum Gasteiger partial charge on any atom is -0.496 e. The van der Waals surface area contributed by atoms with Gasteiger partial charge in [-0.2, -0.15) is 4.31 Å². The van der Waals surface area contributed by atoms with Crippen LogP contribution in [0.3, 0.4) is 0 Å². The maximum absolute atomic E-state index is 12.5. The number of nitrogens with two attached hydrogens (primary N) is 1. The SMILES string of the molecule is COc1ccc(S(=O)(=O)N(C)Cc2ccco2)cc1CN. The van der Waals surface area contributed by atoms with Crippen LogP contribution in [0.15, 0.2) is 45.9 Å². The van der Waals surface area contributed by atoms with E-state index in [-0.39, 0.29) is 18.0 Å². The van der Waals surface area contributed by atoms with Crippen molar-refractivity contribution < 1.29 is 17.6 Å². The predicted octanol–water partition coefficient (Wildman–Crippen LogP) is 1.57. The molecule has 6 nitrogen and oxygen atoms in total. The van der Waals surface area contributed by atoms with Gasteiger partial charge in [0, 0.05) is 19.2 Å². The van der Waals surface area contributed by atoms with Crippen LogP contribution in [0.25, 0.3) is 0 Å². The molecule has 1 aromatic carbocycles. The Morgan fingerprint density at radius 3 is 2.67 bits per heavy atom. The lowest BCUT2D eigenvalue weighted by Gasteiger charge is -2.17. The Labute approximate surface area is 124 Å². The van der Waals surface area contributed by atoms with Crippen LogP contribution in [0, 0.1) is 0 Å². The third kappa shape index (κ3) is 3.26. The molecule has 1 heterocycles. The minimum absolute atomic E-state index is 0.166. The summed E-state index contributed by atoms with van der Waals surface area (Å²) in [5, 5.41) is 0. The minimum atomic E-state index is -3.61. The monoisotopic (exact) mass is 310 g/mol. The van der Waals surface area contributed by atoms with Gasteiger partial charge in [-0.05, 0) is 30.3 Å². The van der Waals surface area contributed by atoms with Crippen molar-refractivity contribution in [1.29, 1.82) is 0 Å². The molecule has 2 N–H and O–H groups in total. The average molecular weight is 310 g/mol. The van der Waals surface area contributed by atoms with Crippen LogP contribution in [0.2, 0.25) is 0 Å². The third-order valence-corrected chi connectivity index (χ3v) is 4.94. The van der Waals surface area contributed by atoms with Crippen LogP contribution in [0.4, 0.5) is 0 Å². The van der Waals surface area contributed by atoms with E-state index in [1.165, 1.54) is 36.9 Å². The second kappa shape index (κ2) is 6.30. The highest BCUT2D eigenvalue weighted by Gasteiger charge is 2.22. The molecule has 114 valence electrons. The van der Waals surface area contributed by atoms with E-state index in [4.69, 9.17) is 14.9 Å². The lowest BCUT2D eigenvalue weighted by atomic mass is 10.2. The molecule has 0 amide bonds. The number of nitrogens with zero attached hydrogens (tertiary/aromatic N) is 1. The summed E-state index contributed by atoms with van der Waals surface area (Å²) < 4.78 is 36.6. The van der Waals surface area contributed by atoms with Crippen molar-refractivity contribution in [2.24, 2.45) is 5.73 Å². The Hall–Kier alpha value is -1.83. The zero-order chi connectivity index (χ0) is 15.5. The first-order valence-corrected chi connectivity index (χ1v) is 7.78. The highest BCUT2D eigenvalue weighted by molar-refractivity contribution is 7.89. The summed E-state index contributed by atoms with van der Waals surface area (Å²) in [4.78, 5) is 0.179. The van der Waals surface area contributed by atoms with Gasteiger partial charge in [-0.15, -0.1) is 0 Å². The average Bonchev–Trinajstić information content (AvgIpc) is 2.99. The van der Waals surface area contributed by atoms with Gasteiger partial charge in [-0.1, -0.05) is 0 Å². The van der Waals surface area contributed by atoms with Crippen LogP contribution in [-0.2, 0) is 23.1 Å². The molecule has 21 heavy (non-hydrogen) atoms. The first-order chi connectivity index (χ1) is 9.98. The maximum atomic E-state index is 12.5. The molecule has 0 atom stereocenters. The van der Waals surface area contributed by atoms with Crippen LogP contribution < -0.4 is 10.5 Å². The Balaban J connectivity index is 2.30. The summed E-state index contributed by atoms with van der Waals surface area (Å²) in [5.41, 5.74) is 6.26. The predicted molar refractivity (Wildman–Crippen MR) is 78.2 cm³/mol. The summed E-state index contributed by atoms with van der Waals surface area (Å²) >= 11 is 0. The second-order valence-electron chi connectivity index (χ2n) is 4.52.